The molecule has 0 heterocycles. The molecule has 1 rings (SSSR count). The highest BCUT2D eigenvalue weighted by Gasteiger charge is 2.21. The topological polar surface area (TPSA) is 140 Å². The lowest BCUT2D eigenvalue weighted by atomic mass is 10.0. The molecule has 1 aromatic carbocycles. The van der Waals surface area contributed by atoms with E-state index in [1.165, 1.54) is 24.3 Å². The Morgan fingerprint density at radius 3 is 2.46 bits per heavy atom. The summed E-state index contributed by atoms with van der Waals surface area (Å²) in [7, 11) is 0. The number of nitro benzene ring substituents is 1. The van der Waals surface area contributed by atoms with E-state index in [0.29, 0.717) is 6.61 Å². The minimum Gasteiger partial charge on any atom is -0.356 e. The first-order valence-electron chi connectivity index (χ1n) is 8.03. The van der Waals surface area contributed by atoms with Gasteiger partial charge in [0.25, 0.3) is 11.6 Å². The van der Waals surface area contributed by atoms with Crippen molar-refractivity contribution in [2.45, 2.75) is 26.3 Å². The van der Waals surface area contributed by atoms with Crippen molar-refractivity contribution in [3.63, 3.8) is 0 Å². The largest absolute Gasteiger partial charge is 0.356 e. The van der Waals surface area contributed by atoms with Crippen LogP contribution in [-0.2, 0) is 14.3 Å². The molecule has 2 amide bonds. The summed E-state index contributed by atoms with van der Waals surface area (Å²) in [6, 6.07) is 4.63. The van der Waals surface area contributed by atoms with Crippen LogP contribution in [0.15, 0.2) is 24.3 Å². The number of nitrogens with one attached hydrogen (secondary N) is 2. The molecule has 0 saturated carbocycles. The maximum absolute atomic E-state index is 12.3. The molecule has 0 aliphatic rings. The van der Waals surface area contributed by atoms with E-state index < -0.39 is 28.7 Å². The summed E-state index contributed by atoms with van der Waals surface area (Å²) in [4.78, 5) is 33.9. The third-order valence-corrected chi connectivity index (χ3v) is 3.56. The average molecular weight is 369 g/mol. The Morgan fingerprint density at radius 1 is 1.27 bits per heavy atom. The Kier molecular flexibility index (Phi) is 9.20. The van der Waals surface area contributed by atoms with Crippen LogP contribution in [0, 0.1) is 16.0 Å². The predicted octanol–water partition coefficient (Wildman–Crippen LogP) is 1.24. The van der Waals surface area contributed by atoms with Gasteiger partial charge >= 0.3 is 0 Å². The van der Waals surface area contributed by atoms with Gasteiger partial charge in [0.05, 0.1) is 17.6 Å². The quantitative estimate of drug-likeness (QED) is 0.175. The Balaban J connectivity index is 2.73. The zero-order valence-electron chi connectivity index (χ0n) is 14.6. The molecule has 0 fully saturated rings. The second-order valence-corrected chi connectivity index (χ2v) is 5.57. The van der Waals surface area contributed by atoms with Gasteiger partial charge in [0.1, 0.15) is 6.79 Å². The average Bonchev–Trinajstić information content (AvgIpc) is 2.64. The highest BCUT2D eigenvalue weighted by atomic mass is 16.7. The predicted molar refractivity (Wildman–Crippen MR) is 90.5 cm³/mol. The molecule has 2 unspecified atom stereocenters. The van der Waals surface area contributed by atoms with Crippen molar-refractivity contribution in [3.05, 3.63) is 39.9 Å². The van der Waals surface area contributed by atoms with Crippen LogP contribution in [0.5, 0.6) is 0 Å². The fourth-order valence-electron chi connectivity index (χ4n) is 2.15. The van der Waals surface area contributed by atoms with E-state index in [-0.39, 0.29) is 31.1 Å². The van der Waals surface area contributed by atoms with Gasteiger partial charge in [0, 0.05) is 30.2 Å². The van der Waals surface area contributed by atoms with Crippen LogP contribution in [0.2, 0.25) is 0 Å². The summed E-state index contributed by atoms with van der Waals surface area (Å²) in [5.74, 6) is -1.61. The number of hydrogen-bond acceptors (Lipinski definition) is 7. The number of hydrogen-bond donors (Lipinski definition) is 3. The maximum Gasteiger partial charge on any atom is 0.269 e. The van der Waals surface area contributed by atoms with Crippen molar-refractivity contribution in [2.75, 3.05) is 20.0 Å². The molecule has 0 aliphatic heterocycles. The second-order valence-electron chi connectivity index (χ2n) is 5.57. The summed E-state index contributed by atoms with van der Waals surface area (Å²) in [6.45, 7) is 4.02. The molecule has 10 heteroatoms. The Hall–Kier alpha value is -2.56. The molecule has 0 aromatic heterocycles. The third-order valence-electron chi connectivity index (χ3n) is 3.56. The molecule has 0 aliphatic carbocycles. The summed E-state index contributed by atoms with van der Waals surface area (Å²) in [5.41, 5.74) is 1.69. The van der Waals surface area contributed by atoms with E-state index in [4.69, 9.17) is 14.7 Å². The minimum absolute atomic E-state index is 0.0426. The van der Waals surface area contributed by atoms with E-state index in [0.717, 1.165) is 0 Å². The molecule has 26 heavy (non-hydrogen) atoms. The fourth-order valence-corrected chi connectivity index (χ4v) is 2.15. The van der Waals surface area contributed by atoms with Crippen molar-refractivity contribution in [1.29, 1.82) is 0 Å². The van der Waals surface area contributed by atoms with E-state index in [2.05, 4.69) is 5.32 Å². The van der Waals surface area contributed by atoms with Gasteiger partial charge in [-0.25, -0.2) is 5.48 Å². The van der Waals surface area contributed by atoms with Gasteiger partial charge in [-0.2, -0.15) is 0 Å². The van der Waals surface area contributed by atoms with Crippen LogP contribution in [0.25, 0.3) is 0 Å². The standard InChI is InChI=1S/C16H23N3O7/c1-3-25-10-26-9-13(8-11(2)15(20)18-22)17-16(21)12-4-6-14(7-5-12)19(23)24/h4-7,11,13,22H,3,8-10H2,1-2H3,(H,17,21)(H,18,20). The van der Waals surface area contributed by atoms with Crippen LogP contribution in [0.4, 0.5) is 5.69 Å². The number of nitrogens with zero attached hydrogens (tertiary/aromatic N) is 1. The van der Waals surface area contributed by atoms with Crippen molar-refractivity contribution in [2.24, 2.45) is 5.92 Å². The number of carbonyl (C=O) groups excluding carboxylic acids is 2. The van der Waals surface area contributed by atoms with E-state index >= 15 is 0 Å². The highest BCUT2D eigenvalue weighted by molar-refractivity contribution is 5.94. The lowest BCUT2D eigenvalue weighted by Crippen LogP contribution is -2.41. The summed E-state index contributed by atoms with van der Waals surface area (Å²) >= 11 is 0. The van der Waals surface area contributed by atoms with Gasteiger partial charge in [-0.05, 0) is 25.5 Å². The Labute approximate surface area is 150 Å². The van der Waals surface area contributed by atoms with Gasteiger partial charge in [-0.15, -0.1) is 0 Å². The smallest absolute Gasteiger partial charge is 0.269 e. The SMILES string of the molecule is CCOCOCC(CC(C)C(=O)NO)NC(=O)c1ccc([N+](=O)[O-])cc1. The number of ether oxygens (including phenoxy) is 2. The van der Waals surface area contributed by atoms with Crippen LogP contribution < -0.4 is 10.8 Å². The lowest BCUT2D eigenvalue weighted by molar-refractivity contribution is -0.384. The van der Waals surface area contributed by atoms with Gasteiger partial charge in [-0.3, -0.25) is 24.9 Å². The third kappa shape index (κ3) is 7.13. The lowest BCUT2D eigenvalue weighted by Gasteiger charge is -2.21. The normalized spacial score (nSPS) is 12.9. The van der Waals surface area contributed by atoms with Crippen molar-refractivity contribution < 1.29 is 29.2 Å². The number of carbonyl (C=O) groups is 2. The zero-order chi connectivity index (χ0) is 19.5. The van der Waals surface area contributed by atoms with Crippen LogP contribution >= 0.6 is 0 Å². The first-order valence-corrected chi connectivity index (χ1v) is 8.03. The van der Waals surface area contributed by atoms with Crippen molar-refractivity contribution >= 4 is 17.5 Å². The number of amides is 2. The first-order chi connectivity index (χ1) is 12.4. The molecule has 1 aromatic rings. The number of rotatable bonds is 11. The molecule has 3 N–H and O–H groups in total. The Bertz CT molecular complexity index is 606. The molecule has 0 saturated heterocycles. The summed E-state index contributed by atoms with van der Waals surface area (Å²) in [5, 5.41) is 22.1. The molecule has 2 atom stereocenters. The second kappa shape index (κ2) is 11.1. The zero-order valence-corrected chi connectivity index (χ0v) is 14.6. The van der Waals surface area contributed by atoms with Crippen LogP contribution in [0.3, 0.4) is 0 Å². The van der Waals surface area contributed by atoms with Crippen molar-refractivity contribution in [3.8, 4) is 0 Å². The van der Waals surface area contributed by atoms with Crippen LogP contribution in [0.1, 0.15) is 30.6 Å². The van der Waals surface area contributed by atoms with Gasteiger partial charge in [-0.1, -0.05) is 6.92 Å². The maximum atomic E-state index is 12.3. The Morgan fingerprint density at radius 2 is 1.92 bits per heavy atom. The first kappa shape index (κ1) is 21.5. The number of non-ortho nitro benzene ring substituents is 1. The van der Waals surface area contributed by atoms with E-state index in [9.17, 15) is 19.7 Å². The van der Waals surface area contributed by atoms with Gasteiger partial charge < -0.3 is 14.8 Å². The molecule has 144 valence electrons. The van der Waals surface area contributed by atoms with Gasteiger partial charge in [0.15, 0.2) is 0 Å². The molecular weight excluding hydrogens is 346 g/mol. The van der Waals surface area contributed by atoms with Crippen molar-refractivity contribution in [1.82, 2.24) is 10.8 Å². The molecular formula is C16H23N3O7. The highest BCUT2D eigenvalue weighted by Crippen LogP contribution is 2.13. The number of hydroxylamine groups is 1. The van der Waals surface area contributed by atoms with E-state index in [1.54, 1.807) is 12.4 Å². The van der Waals surface area contributed by atoms with E-state index in [1.807, 2.05) is 6.92 Å². The van der Waals surface area contributed by atoms with Crippen LogP contribution in [-0.4, -0.2) is 48.0 Å². The fraction of sp³-hybridized carbons (Fsp3) is 0.500. The number of benzene rings is 1. The minimum atomic E-state index is -0.579. The van der Waals surface area contributed by atoms with Gasteiger partial charge in [0.2, 0.25) is 5.91 Å². The molecule has 10 nitrogen and oxygen atoms in total. The molecule has 0 spiro atoms. The number of nitro groups is 1. The summed E-state index contributed by atoms with van der Waals surface area (Å²) < 4.78 is 10.4. The molecule has 0 radical (unpaired) electrons. The monoisotopic (exact) mass is 369 g/mol. The summed E-state index contributed by atoms with van der Waals surface area (Å²) in [6.07, 6.45) is 0.219. The molecule has 0 bridgehead atoms.